The van der Waals surface area contributed by atoms with Crippen molar-refractivity contribution in [1.29, 1.82) is 0 Å². The zero-order valence-electron chi connectivity index (χ0n) is 12.8. The topological polar surface area (TPSA) is 52.8 Å². The summed E-state index contributed by atoms with van der Waals surface area (Å²) < 4.78 is 2.16. The summed E-state index contributed by atoms with van der Waals surface area (Å²) >= 11 is 0. The van der Waals surface area contributed by atoms with Gasteiger partial charge in [0, 0.05) is 31.9 Å². The van der Waals surface area contributed by atoms with E-state index in [1.807, 2.05) is 18.2 Å². The van der Waals surface area contributed by atoms with Gasteiger partial charge in [-0.1, -0.05) is 19.9 Å². The highest BCUT2D eigenvalue weighted by Crippen LogP contribution is 2.25. The van der Waals surface area contributed by atoms with Gasteiger partial charge < -0.3 is 19.7 Å². The summed E-state index contributed by atoms with van der Waals surface area (Å²) in [6.07, 6.45) is 3.56. The number of anilines is 1. The van der Waals surface area contributed by atoms with E-state index < -0.39 is 0 Å². The van der Waals surface area contributed by atoms with E-state index in [0.717, 1.165) is 43.9 Å². The molecule has 5 nitrogen and oxygen atoms in total. The van der Waals surface area contributed by atoms with Gasteiger partial charge in [-0.15, -0.1) is 0 Å². The first-order valence-corrected chi connectivity index (χ1v) is 7.77. The molecule has 2 aromatic rings. The highest BCUT2D eigenvalue weighted by molar-refractivity contribution is 5.56. The SMILES string of the molecule is CC(C)NCc1c(N2CCC(O)CC2)nc2ccccn12. The largest absolute Gasteiger partial charge is 0.393 e. The first-order chi connectivity index (χ1) is 10.1. The van der Waals surface area contributed by atoms with Gasteiger partial charge in [-0.25, -0.2) is 4.98 Å². The molecule has 0 unspecified atom stereocenters. The molecule has 2 N–H and O–H groups in total. The van der Waals surface area contributed by atoms with Crippen LogP contribution in [0.4, 0.5) is 5.82 Å². The van der Waals surface area contributed by atoms with Gasteiger partial charge in [0.1, 0.15) is 5.65 Å². The second-order valence-electron chi connectivity index (χ2n) is 6.06. The summed E-state index contributed by atoms with van der Waals surface area (Å²) in [5.41, 5.74) is 2.19. The van der Waals surface area contributed by atoms with E-state index in [1.54, 1.807) is 0 Å². The van der Waals surface area contributed by atoms with Crippen molar-refractivity contribution in [2.45, 2.75) is 45.4 Å². The first kappa shape index (κ1) is 14.4. The fourth-order valence-corrected chi connectivity index (χ4v) is 2.83. The van der Waals surface area contributed by atoms with Crippen molar-refractivity contribution in [1.82, 2.24) is 14.7 Å². The van der Waals surface area contributed by atoms with E-state index in [0.29, 0.717) is 6.04 Å². The third kappa shape index (κ3) is 3.04. The maximum Gasteiger partial charge on any atom is 0.152 e. The minimum absolute atomic E-state index is 0.157. The Hall–Kier alpha value is -1.59. The lowest BCUT2D eigenvalue weighted by Crippen LogP contribution is -2.37. The maximum absolute atomic E-state index is 9.69. The normalized spacial score (nSPS) is 17.0. The van der Waals surface area contributed by atoms with Crippen LogP contribution >= 0.6 is 0 Å². The van der Waals surface area contributed by atoms with Crippen molar-refractivity contribution in [3.63, 3.8) is 0 Å². The summed E-state index contributed by atoms with van der Waals surface area (Å²) in [6.45, 7) is 6.86. The standard InChI is InChI=1S/C16H24N4O/c1-12(2)17-11-14-16(19-9-6-13(21)7-10-19)18-15-5-3-4-8-20(14)15/h3-5,8,12-13,17,21H,6-7,9-11H2,1-2H3. The van der Waals surface area contributed by atoms with Crippen molar-refractivity contribution in [3.05, 3.63) is 30.1 Å². The van der Waals surface area contributed by atoms with Crippen molar-refractivity contribution in [2.24, 2.45) is 0 Å². The molecule has 114 valence electrons. The number of pyridine rings is 1. The van der Waals surface area contributed by atoms with Gasteiger partial charge in [-0.3, -0.25) is 0 Å². The predicted octanol–water partition coefficient (Wildman–Crippen LogP) is 1.79. The van der Waals surface area contributed by atoms with Crippen LogP contribution in [0.25, 0.3) is 5.65 Å². The molecule has 0 aliphatic carbocycles. The van der Waals surface area contributed by atoms with Crippen LogP contribution < -0.4 is 10.2 Å². The Morgan fingerprint density at radius 2 is 2.10 bits per heavy atom. The molecule has 0 aromatic carbocycles. The van der Waals surface area contributed by atoms with Crippen LogP contribution in [0.3, 0.4) is 0 Å². The summed E-state index contributed by atoms with van der Waals surface area (Å²) in [5, 5.41) is 13.2. The molecule has 0 spiro atoms. The highest BCUT2D eigenvalue weighted by Gasteiger charge is 2.23. The molecule has 2 aromatic heterocycles. The van der Waals surface area contributed by atoms with Gasteiger partial charge in [0.15, 0.2) is 5.82 Å². The minimum atomic E-state index is -0.157. The number of aromatic nitrogens is 2. The number of nitrogens with one attached hydrogen (secondary N) is 1. The van der Waals surface area contributed by atoms with Crippen LogP contribution in [0.2, 0.25) is 0 Å². The summed E-state index contributed by atoms with van der Waals surface area (Å²) in [6, 6.07) is 6.54. The van der Waals surface area contributed by atoms with Crippen LogP contribution in [-0.2, 0) is 6.54 Å². The van der Waals surface area contributed by atoms with Gasteiger partial charge >= 0.3 is 0 Å². The number of aliphatic hydroxyl groups excluding tert-OH is 1. The molecular weight excluding hydrogens is 264 g/mol. The monoisotopic (exact) mass is 288 g/mol. The number of fused-ring (bicyclic) bond motifs is 1. The first-order valence-electron chi connectivity index (χ1n) is 7.77. The Morgan fingerprint density at radius 1 is 1.33 bits per heavy atom. The van der Waals surface area contributed by atoms with Gasteiger partial charge in [0.25, 0.3) is 0 Å². The lowest BCUT2D eigenvalue weighted by molar-refractivity contribution is 0.145. The van der Waals surface area contributed by atoms with E-state index >= 15 is 0 Å². The van der Waals surface area contributed by atoms with E-state index in [4.69, 9.17) is 4.98 Å². The zero-order chi connectivity index (χ0) is 14.8. The molecule has 0 radical (unpaired) electrons. The molecule has 0 amide bonds. The highest BCUT2D eigenvalue weighted by atomic mass is 16.3. The average molecular weight is 288 g/mol. The smallest absolute Gasteiger partial charge is 0.152 e. The second kappa shape index (κ2) is 6.03. The van der Waals surface area contributed by atoms with Gasteiger partial charge in [0.05, 0.1) is 11.8 Å². The predicted molar refractivity (Wildman–Crippen MR) is 84.6 cm³/mol. The molecule has 0 atom stereocenters. The van der Waals surface area contributed by atoms with Crippen molar-refractivity contribution in [2.75, 3.05) is 18.0 Å². The summed E-state index contributed by atoms with van der Waals surface area (Å²) in [4.78, 5) is 7.11. The fourth-order valence-electron chi connectivity index (χ4n) is 2.83. The van der Waals surface area contributed by atoms with E-state index in [1.165, 1.54) is 5.69 Å². The molecule has 0 bridgehead atoms. The number of nitrogens with zero attached hydrogens (tertiary/aromatic N) is 3. The number of aliphatic hydroxyl groups is 1. The van der Waals surface area contributed by atoms with E-state index in [2.05, 4.69) is 34.7 Å². The lowest BCUT2D eigenvalue weighted by Gasteiger charge is -2.30. The van der Waals surface area contributed by atoms with E-state index in [9.17, 15) is 5.11 Å². The van der Waals surface area contributed by atoms with Crippen molar-refractivity contribution in [3.8, 4) is 0 Å². The second-order valence-corrected chi connectivity index (χ2v) is 6.06. The molecule has 3 rings (SSSR count). The Kier molecular flexibility index (Phi) is 4.12. The summed E-state index contributed by atoms with van der Waals surface area (Å²) in [7, 11) is 0. The Morgan fingerprint density at radius 3 is 2.81 bits per heavy atom. The Balaban J connectivity index is 1.94. The third-order valence-electron chi connectivity index (χ3n) is 4.05. The number of imidazole rings is 1. The van der Waals surface area contributed by atoms with Crippen LogP contribution in [-0.4, -0.2) is 39.7 Å². The van der Waals surface area contributed by atoms with Crippen LogP contribution in [0.1, 0.15) is 32.4 Å². The van der Waals surface area contributed by atoms with Crippen molar-refractivity contribution >= 4 is 11.5 Å². The molecular formula is C16H24N4O. The number of hydrogen-bond donors (Lipinski definition) is 2. The van der Waals surface area contributed by atoms with Crippen LogP contribution in [0.15, 0.2) is 24.4 Å². The Bertz CT molecular complexity index is 599. The average Bonchev–Trinajstić information content (AvgIpc) is 2.84. The van der Waals surface area contributed by atoms with Crippen molar-refractivity contribution < 1.29 is 5.11 Å². The lowest BCUT2D eigenvalue weighted by atomic mass is 10.1. The molecule has 1 fully saturated rings. The molecule has 1 saturated heterocycles. The number of hydrogen-bond acceptors (Lipinski definition) is 4. The minimum Gasteiger partial charge on any atom is -0.393 e. The number of piperidine rings is 1. The molecule has 21 heavy (non-hydrogen) atoms. The molecule has 1 aliphatic rings. The number of rotatable bonds is 4. The van der Waals surface area contributed by atoms with Crippen LogP contribution in [0, 0.1) is 0 Å². The maximum atomic E-state index is 9.69. The van der Waals surface area contributed by atoms with Gasteiger partial charge in [0.2, 0.25) is 0 Å². The third-order valence-corrected chi connectivity index (χ3v) is 4.05. The fraction of sp³-hybridized carbons (Fsp3) is 0.562. The van der Waals surface area contributed by atoms with Gasteiger partial charge in [-0.05, 0) is 25.0 Å². The summed E-state index contributed by atoms with van der Waals surface area (Å²) in [5.74, 6) is 1.06. The van der Waals surface area contributed by atoms with Gasteiger partial charge in [-0.2, -0.15) is 0 Å². The quantitative estimate of drug-likeness (QED) is 0.900. The van der Waals surface area contributed by atoms with E-state index in [-0.39, 0.29) is 6.10 Å². The molecule has 3 heterocycles. The molecule has 0 saturated carbocycles. The molecule has 1 aliphatic heterocycles. The Labute approximate surface area is 125 Å². The zero-order valence-corrected chi connectivity index (χ0v) is 12.8. The molecule has 5 heteroatoms. The van der Waals surface area contributed by atoms with Crippen LogP contribution in [0.5, 0.6) is 0 Å².